The predicted molar refractivity (Wildman–Crippen MR) is 46.2 cm³/mol. The topological polar surface area (TPSA) is 60.8 Å². The summed E-state index contributed by atoms with van der Waals surface area (Å²) in [6, 6.07) is -0.368. The maximum Gasteiger partial charge on any atom is 0.320 e. The number of aliphatic carboxylic acids is 1. The Morgan fingerprint density at radius 3 is 2.46 bits per heavy atom. The first-order valence-corrected chi connectivity index (χ1v) is 4.73. The Labute approximate surface area is 77.2 Å². The maximum absolute atomic E-state index is 10.7. The van der Waals surface area contributed by atoms with Crippen LogP contribution in [-0.4, -0.2) is 46.8 Å². The fourth-order valence-electron chi connectivity index (χ4n) is 2.43. The zero-order chi connectivity index (χ0) is 9.59. The first kappa shape index (κ1) is 8.97. The van der Waals surface area contributed by atoms with E-state index in [9.17, 15) is 4.79 Å². The molecule has 13 heavy (non-hydrogen) atoms. The van der Waals surface area contributed by atoms with Crippen molar-refractivity contribution in [3.8, 4) is 0 Å². The molecular weight excluding hydrogens is 170 g/mol. The summed E-state index contributed by atoms with van der Waals surface area (Å²) in [6.45, 7) is 3.69. The zero-order valence-electron chi connectivity index (χ0n) is 7.68. The molecule has 4 nitrogen and oxygen atoms in total. The number of carboxylic acids is 1. The molecule has 1 aliphatic heterocycles. The number of likely N-dealkylation sites (tertiary alicyclic amines) is 1. The second-order valence-electron chi connectivity index (χ2n) is 4.14. The van der Waals surface area contributed by atoms with Crippen molar-refractivity contribution >= 4 is 5.97 Å². The minimum Gasteiger partial charge on any atom is -0.480 e. The molecule has 0 amide bonds. The van der Waals surface area contributed by atoms with E-state index in [4.69, 9.17) is 10.2 Å². The highest BCUT2D eigenvalue weighted by molar-refractivity contribution is 5.73. The van der Waals surface area contributed by atoms with Crippen molar-refractivity contribution in [3.05, 3.63) is 0 Å². The van der Waals surface area contributed by atoms with E-state index < -0.39 is 5.97 Å². The summed E-state index contributed by atoms with van der Waals surface area (Å²) in [7, 11) is 0. The molecule has 0 aromatic carbocycles. The van der Waals surface area contributed by atoms with Gasteiger partial charge in [-0.05, 0) is 24.7 Å². The Kier molecular flexibility index (Phi) is 2.04. The molecule has 1 saturated carbocycles. The normalized spacial score (nSPS) is 40.0. The van der Waals surface area contributed by atoms with Gasteiger partial charge in [0.25, 0.3) is 0 Å². The maximum atomic E-state index is 10.7. The Balaban J connectivity index is 1.86. The van der Waals surface area contributed by atoms with Crippen LogP contribution in [0.5, 0.6) is 0 Å². The summed E-state index contributed by atoms with van der Waals surface area (Å²) in [5.41, 5.74) is 0. The number of nitrogens with zero attached hydrogens (tertiary/aromatic N) is 1. The van der Waals surface area contributed by atoms with Gasteiger partial charge >= 0.3 is 5.97 Å². The van der Waals surface area contributed by atoms with Crippen LogP contribution in [0.4, 0.5) is 0 Å². The van der Waals surface area contributed by atoms with Crippen molar-refractivity contribution in [1.29, 1.82) is 0 Å². The number of carboxylic acid groups (broad SMARTS) is 1. The Morgan fingerprint density at radius 1 is 1.54 bits per heavy atom. The third-order valence-corrected chi connectivity index (χ3v) is 3.52. The average Bonchev–Trinajstić information content (AvgIpc) is 2.56. The molecule has 2 aliphatic rings. The van der Waals surface area contributed by atoms with Gasteiger partial charge in [0, 0.05) is 19.7 Å². The lowest BCUT2D eigenvalue weighted by atomic mass is 10.2. The first-order chi connectivity index (χ1) is 6.15. The van der Waals surface area contributed by atoms with E-state index in [1.807, 2.05) is 4.90 Å². The average molecular weight is 185 g/mol. The van der Waals surface area contributed by atoms with Crippen LogP contribution in [-0.2, 0) is 4.79 Å². The quantitative estimate of drug-likeness (QED) is 0.629. The standard InChI is InChI=1S/C9H15NO3/c1-5(9(12)13)10-2-6-7(3-10)8(6)4-11/h5-8,11H,2-4H2,1H3,(H,12,13). The molecule has 3 atom stereocenters. The van der Waals surface area contributed by atoms with Gasteiger partial charge in [-0.25, -0.2) is 0 Å². The lowest BCUT2D eigenvalue weighted by Crippen LogP contribution is -2.39. The van der Waals surface area contributed by atoms with Crippen LogP contribution in [0.25, 0.3) is 0 Å². The number of hydrogen-bond acceptors (Lipinski definition) is 3. The van der Waals surface area contributed by atoms with Crippen LogP contribution in [0.15, 0.2) is 0 Å². The fourth-order valence-corrected chi connectivity index (χ4v) is 2.43. The second-order valence-corrected chi connectivity index (χ2v) is 4.14. The fraction of sp³-hybridized carbons (Fsp3) is 0.889. The second kappa shape index (κ2) is 2.96. The molecular formula is C9H15NO3. The molecule has 0 aromatic heterocycles. The summed E-state index contributed by atoms with van der Waals surface area (Å²) in [6.07, 6.45) is 0. The molecule has 1 saturated heterocycles. The number of aliphatic hydroxyl groups excluding tert-OH is 1. The number of fused-ring (bicyclic) bond motifs is 1. The van der Waals surface area contributed by atoms with Crippen molar-refractivity contribution in [2.75, 3.05) is 19.7 Å². The van der Waals surface area contributed by atoms with Crippen molar-refractivity contribution in [1.82, 2.24) is 4.90 Å². The van der Waals surface area contributed by atoms with Gasteiger partial charge in [0.05, 0.1) is 0 Å². The van der Waals surface area contributed by atoms with E-state index in [-0.39, 0.29) is 12.6 Å². The zero-order valence-corrected chi connectivity index (χ0v) is 7.68. The summed E-state index contributed by atoms with van der Waals surface area (Å²) in [5.74, 6) is 0.831. The Bertz CT molecular complexity index is 219. The molecule has 1 heterocycles. The third kappa shape index (κ3) is 1.34. The molecule has 74 valence electrons. The van der Waals surface area contributed by atoms with Gasteiger partial charge in [-0.1, -0.05) is 0 Å². The predicted octanol–water partition coefficient (Wildman–Crippen LogP) is -0.370. The van der Waals surface area contributed by atoms with E-state index in [1.165, 1.54) is 0 Å². The van der Waals surface area contributed by atoms with E-state index in [0.717, 1.165) is 13.1 Å². The van der Waals surface area contributed by atoms with Crippen molar-refractivity contribution < 1.29 is 15.0 Å². The summed E-state index contributed by atoms with van der Waals surface area (Å²) in [5, 5.41) is 17.7. The summed E-state index contributed by atoms with van der Waals surface area (Å²) in [4.78, 5) is 12.7. The summed E-state index contributed by atoms with van der Waals surface area (Å²) < 4.78 is 0. The van der Waals surface area contributed by atoms with Crippen LogP contribution >= 0.6 is 0 Å². The van der Waals surface area contributed by atoms with Gasteiger partial charge in [-0.15, -0.1) is 0 Å². The number of piperidine rings is 1. The third-order valence-electron chi connectivity index (χ3n) is 3.52. The monoisotopic (exact) mass is 185 g/mol. The molecule has 2 fully saturated rings. The van der Waals surface area contributed by atoms with Gasteiger partial charge in [0.2, 0.25) is 0 Å². The minimum atomic E-state index is -0.748. The van der Waals surface area contributed by atoms with Crippen LogP contribution in [0.3, 0.4) is 0 Å². The van der Waals surface area contributed by atoms with Gasteiger partial charge in [0.1, 0.15) is 6.04 Å². The Hall–Kier alpha value is -0.610. The SMILES string of the molecule is CC(C(=O)O)N1CC2C(CO)C2C1. The van der Waals surface area contributed by atoms with Crippen LogP contribution in [0.2, 0.25) is 0 Å². The van der Waals surface area contributed by atoms with E-state index >= 15 is 0 Å². The molecule has 1 aliphatic carbocycles. The van der Waals surface area contributed by atoms with Gasteiger partial charge in [-0.3, -0.25) is 9.69 Å². The molecule has 0 radical (unpaired) electrons. The highest BCUT2D eigenvalue weighted by Crippen LogP contribution is 2.51. The van der Waals surface area contributed by atoms with E-state index in [2.05, 4.69) is 0 Å². The number of aliphatic hydroxyl groups is 1. The smallest absolute Gasteiger partial charge is 0.320 e. The van der Waals surface area contributed by atoms with Crippen molar-refractivity contribution in [3.63, 3.8) is 0 Å². The van der Waals surface area contributed by atoms with Crippen LogP contribution in [0, 0.1) is 17.8 Å². The molecule has 4 heteroatoms. The van der Waals surface area contributed by atoms with Gasteiger partial charge < -0.3 is 10.2 Å². The van der Waals surface area contributed by atoms with Gasteiger partial charge in [0.15, 0.2) is 0 Å². The van der Waals surface area contributed by atoms with Gasteiger partial charge in [-0.2, -0.15) is 0 Å². The lowest BCUT2D eigenvalue weighted by molar-refractivity contribution is -0.142. The van der Waals surface area contributed by atoms with E-state index in [0.29, 0.717) is 17.8 Å². The highest BCUT2D eigenvalue weighted by Gasteiger charge is 2.56. The molecule has 2 rings (SSSR count). The van der Waals surface area contributed by atoms with Crippen molar-refractivity contribution in [2.45, 2.75) is 13.0 Å². The highest BCUT2D eigenvalue weighted by atomic mass is 16.4. The Morgan fingerprint density at radius 2 is 2.08 bits per heavy atom. The number of carbonyl (C=O) groups is 1. The summed E-state index contributed by atoms with van der Waals surface area (Å²) >= 11 is 0. The largest absolute Gasteiger partial charge is 0.480 e. The molecule has 0 bridgehead atoms. The van der Waals surface area contributed by atoms with Crippen LogP contribution < -0.4 is 0 Å². The molecule has 0 spiro atoms. The number of rotatable bonds is 3. The number of hydrogen-bond donors (Lipinski definition) is 2. The molecule has 3 unspecified atom stereocenters. The first-order valence-electron chi connectivity index (χ1n) is 4.73. The van der Waals surface area contributed by atoms with Crippen molar-refractivity contribution in [2.24, 2.45) is 17.8 Å². The molecule has 0 aromatic rings. The minimum absolute atomic E-state index is 0.268. The lowest BCUT2D eigenvalue weighted by Gasteiger charge is -2.22. The molecule has 2 N–H and O–H groups in total. The van der Waals surface area contributed by atoms with E-state index in [1.54, 1.807) is 6.92 Å². The van der Waals surface area contributed by atoms with Crippen LogP contribution in [0.1, 0.15) is 6.92 Å².